The highest BCUT2D eigenvalue weighted by Crippen LogP contribution is 2.48. The van der Waals surface area contributed by atoms with Gasteiger partial charge in [-0.15, -0.1) is 0 Å². The fourth-order valence-corrected chi connectivity index (χ4v) is 5.02. The lowest BCUT2D eigenvalue weighted by molar-refractivity contribution is -0.174. The van der Waals surface area contributed by atoms with Crippen molar-refractivity contribution in [3.63, 3.8) is 0 Å². The van der Waals surface area contributed by atoms with Crippen LogP contribution in [0.25, 0.3) is 0 Å². The zero-order valence-corrected chi connectivity index (χ0v) is 19.9. The van der Waals surface area contributed by atoms with Crippen LogP contribution in [-0.2, 0) is 42.9 Å². The van der Waals surface area contributed by atoms with E-state index in [-0.39, 0.29) is 30.8 Å². The summed E-state index contributed by atoms with van der Waals surface area (Å²) in [6, 6.07) is 0. The van der Waals surface area contributed by atoms with Crippen LogP contribution in [-0.4, -0.2) is 72.2 Å². The van der Waals surface area contributed by atoms with Gasteiger partial charge in [0.2, 0.25) is 0 Å². The van der Waals surface area contributed by atoms with Gasteiger partial charge in [-0.25, -0.2) is 9.59 Å². The Morgan fingerprint density at radius 3 is 2.47 bits per heavy atom. The molecule has 3 saturated heterocycles. The standard InChI is InChI=1S/C24H32O10/c1-6-15(11-30-13(3)26)23(29)32-18-9-24(5)8-7-17(31-14(4)27)16(10-25)20(34-24)21-19(18)12(2)22(28)33-21/h6,16-21,25H,2,7-11H2,1,3-5H3/b15-6-/t16-,17-,18+,19+,20+,21-,24-/m0/s1. The highest BCUT2D eigenvalue weighted by atomic mass is 16.6. The van der Waals surface area contributed by atoms with Crippen LogP contribution in [0.2, 0.25) is 0 Å². The molecule has 188 valence electrons. The molecule has 0 unspecified atom stereocenters. The molecule has 3 fully saturated rings. The minimum atomic E-state index is -0.893. The highest BCUT2D eigenvalue weighted by Gasteiger charge is 2.58. The molecule has 0 aromatic heterocycles. The molecule has 10 heteroatoms. The van der Waals surface area contributed by atoms with Crippen LogP contribution in [0.3, 0.4) is 0 Å². The molecule has 0 saturated carbocycles. The topological polar surface area (TPSA) is 135 Å². The monoisotopic (exact) mass is 480 g/mol. The molecule has 0 aliphatic carbocycles. The molecule has 0 aromatic carbocycles. The SMILES string of the molecule is C=C1C(=O)O[C@@H]2[C@@H]3O[C@@](C)(CC[C@H](OC(C)=O)[C@@H]3CO)C[C@@H](OC(=O)/C(=C\C)COC(C)=O)[C@@H]12. The normalized spacial score (nSPS) is 35.4. The summed E-state index contributed by atoms with van der Waals surface area (Å²) in [6.07, 6.45) is -0.549. The molecular formula is C24H32O10. The van der Waals surface area contributed by atoms with Crippen molar-refractivity contribution in [2.75, 3.05) is 13.2 Å². The minimum Gasteiger partial charge on any atom is -0.462 e. The summed E-state index contributed by atoms with van der Waals surface area (Å²) in [5.41, 5.74) is -0.522. The first-order valence-corrected chi connectivity index (χ1v) is 11.3. The lowest BCUT2D eigenvalue weighted by Crippen LogP contribution is -2.47. The molecule has 7 atom stereocenters. The maximum atomic E-state index is 12.9. The molecule has 3 aliphatic rings. The van der Waals surface area contributed by atoms with E-state index >= 15 is 0 Å². The molecule has 0 aromatic rings. The van der Waals surface area contributed by atoms with Gasteiger partial charge in [0, 0.05) is 31.8 Å². The molecule has 3 aliphatic heterocycles. The van der Waals surface area contributed by atoms with E-state index in [9.17, 15) is 24.3 Å². The summed E-state index contributed by atoms with van der Waals surface area (Å²) < 4.78 is 28.3. The Balaban J connectivity index is 1.94. The fourth-order valence-electron chi connectivity index (χ4n) is 5.02. The quantitative estimate of drug-likeness (QED) is 0.337. The van der Waals surface area contributed by atoms with Crippen LogP contribution in [0, 0.1) is 11.8 Å². The summed E-state index contributed by atoms with van der Waals surface area (Å²) in [5.74, 6) is -3.71. The lowest BCUT2D eigenvalue weighted by Gasteiger charge is -2.34. The molecule has 3 heterocycles. The second kappa shape index (κ2) is 10.3. The number of allylic oxidation sites excluding steroid dienone is 1. The van der Waals surface area contributed by atoms with E-state index in [1.807, 2.05) is 6.92 Å². The lowest BCUT2D eigenvalue weighted by atomic mass is 9.78. The number of aliphatic hydroxyl groups excluding tert-OH is 1. The Kier molecular flexibility index (Phi) is 7.82. The van der Waals surface area contributed by atoms with E-state index in [0.29, 0.717) is 12.8 Å². The average Bonchev–Trinajstić information content (AvgIpc) is 2.89. The molecule has 3 rings (SSSR count). The van der Waals surface area contributed by atoms with Gasteiger partial charge < -0.3 is 28.8 Å². The largest absolute Gasteiger partial charge is 0.462 e. The summed E-state index contributed by atoms with van der Waals surface area (Å²) in [4.78, 5) is 48.3. The average molecular weight is 481 g/mol. The number of carbonyl (C=O) groups is 4. The van der Waals surface area contributed by atoms with Gasteiger partial charge in [0.15, 0.2) is 0 Å². The fraction of sp³-hybridized carbons (Fsp3) is 0.667. The Morgan fingerprint density at radius 2 is 1.88 bits per heavy atom. The minimum absolute atomic E-state index is 0.143. The zero-order valence-electron chi connectivity index (χ0n) is 19.9. The van der Waals surface area contributed by atoms with Crippen LogP contribution in [0.5, 0.6) is 0 Å². The first-order valence-electron chi connectivity index (χ1n) is 11.3. The molecule has 34 heavy (non-hydrogen) atoms. The summed E-state index contributed by atoms with van der Waals surface area (Å²) in [5, 5.41) is 10.2. The van der Waals surface area contributed by atoms with Crippen molar-refractivity contribution in [3.05, 3.63) is 23.8 Å². The van der Waals surface area contributed by atoms with Crippen molar-refractivity contribution in [2.24, 2.45) is 11.8 Å². The molecule has 0 amide bonds. The third-order valence-corrected chi connectivity index (χ3v) is 6.72. The summed E-state index contributed by atoms with van der Waals surface area (Å²) >= 11 is 0. The van der Waals surface area contributed by atoms with Gasteiger partial charge in [-0.3, -0.25) is 9.59 Å². The maximum Gasteiger partial charge on any atom is 0.337 e. The van der Waals surface area contributed by atoms with Crippen molar-refractivity contribution in [1.82, 2.24) is 0 Å². The number of ether oxygens (including phenoxy) is 5. The highest BCUT2D eigenvalue weighted by molar-refractivity contribution is 5.92. The van der Waals surface area contributed by atoms with Crippen LogP contribution >= 0.6 is 0 Å². The van der Waals surface area contributed by atoms with Gasteiger partial charge in [-0.1, -0.05) is 12.7 Å². The van der Waals surface area contributed by atoms with Crippen molar-refractivity contribution < 1.29 is 48.0 Å². The molecule has 0 spiro atoms. The number of fused-ring (bicyclic) bond motifs is 4. The predicted octanol–water partition coefficient (Wildman–Crippen LogP) is 1.39. The third-order valence-electron chi connectivity index (χ3n) is 6.72. The Labute approximate surface area is 198 Å². The number of hydrogen-bond donors (Lipinski definition) is 1. The van der Waals surface area contributed by atoms with Crippen LogP contribution in [0.1, 0.15) is 47.0 Å². The van der Waals surface area contributed by atoms with E-state index < -0.39 is 65.7 Å². The Bertz CT molecular complexity index is 892. The van der Waals surface area contributed by atoms with Crippen LogP contribution in [0.15, 0.2) is 23.8 Å². The number of aliphatic hydroxyl groups is 1. The molecule has 10 nitrogen and oxygen atoms in total. The van der Waals surface area contributed by atoms with Gasteiger partial charge in [-0.05, 0) is 26.7 Å². The number of esters is 4. The van der Waals surface area contributed by atoms with E-state index in [4.69, 9.17) is 23.7 Å². The second-order valence-corrected chi connectivity index (χ2v) is 9.23. The van der Waals surface area contributed by atoms with E-state index in [1.165, 1.54) is 19.9 Å². The number of carbonyl (C=O) groups excluding carboxylic acids is 4. The first-order chi connectivity index (χ1) is 16.0. The van der Waals surface area contributed by atoms with Gasteiger partial charge in [0.25, 0.3) is 0 Å². The number of rotatable bonds is 6. The van der Waals surface area contributed by atoms with E-state index in [1.54, 1.807) is 6.92 Å². The predicted molar refractivity (Wildman–Crippen MR) is 116 cm³/mol. The van der Waals surface area contributed by atoms with Crippen molar-refractivity contribution >= 4 is 23.9 Å². The summed E-state index contributed by atoms with van der Waals surface area (Å²) in [7, 11) is 0. The zero-order chi connectivity index (χ0) is 25.2. The first kappa shape index (κ1) is 25.9. The smallest absolute Gasteiger partial charge is 0.337 e. The van der Waals surface area contributed by atoms with E-state index in [0.717, 1.165) is 0 Å². The molecular weight excluding hydrogens is 448 g/mol. The second-order valence-electron chi connectivity index (χ2n) is 9.23. The van der Waals surface area contributed by atoms with Gasteiger partial charge in [0.1, 0.15) is 31.0 Å². The van der Waals surface area contributed by atoms with Crippen molar-refractivity contribution in [3.8, 4) is 0 Å². The molecule has 2 bridgehead atoms. The van der Waals surface area contributed by atoms with Gasteiger partial charge in [0.05, 0.1) is 23.7 Å². The van der Waals surface area contributed by atoms with Crippen molar-refractivity contribution in [2.45, 2.75) is 77.0 Å². The van der Waals surface area contributed by atoms with E-state index in [2.05, 4.69) is 6.58 Å². The molecule has 1 N–H and O–H groups in total. The molecule has 0 radical (unpaired) electrons. The van der Waals surface area contributed by atoms with Crippen molar-refractivity contribution in [1.29, 1.82) is 0 Å². The Hall–Kier alpha value is -2.72. The number of hydrogen-bond acceptors (Lipinski definition) is 10. The maximum absolute atomic E-state index is 12.9. The summed E-state index contributed by atoms with van der Waals surface area (Å²) in [6.45, 7) is 9.28. The van der Waals surface area contributed by atoms with Gasteiger partial charge in [-0.2, -0.15) is 0 Å². The third kappa shape index (κ3) is 5.33. The van der Waals surface area contributed by atoms with Gasteiger partial charge >= 0.3 is 23.9 Å². The van der Waals surface area contributed by atoms with Crippen LogP contribution in [0.4, 0.5) is 0 Å². The van der Waals surface area contributed by atoms with Crippen LogP contribution < -0.4 is 0 Å². The Morgan fingerprint density at radius 1 is 1.18 bits per heavy atom.